The van der Waals surface area contributed by atoms with Crippen molar-refractivity contribution in [1.29, 1.82) is 0 Å². The number of phenols is 1. The third-order valence-corrected chi connectivity index (χ3v) is 7.02. The van der Waals surface area contributed by atoms with Gasteiger partial charge in [0.25, 0.3) is 0 Å². The van der Waals surface area contributed by atoms with Gasteiger partial charge in [-0.15, -0.1) is 0 Å². The van der Waals surface area contributed by atoms with Crippen molar-refractivity contribution in [2.24, 2.45) is 5.41 Å². The molecule has 1 aliphatic heterocycles. The number of hydrogen-bond donors (Lipinski definition) is 2. The van der Waals surface area contributed by atoms with E-state index in [2.05, 4.69) is 59.4 Å². The Hall–Kier alpha value is -2.30. The Kier molecular flexibility index (Phi) is 4.49. The molecule has 0 fully saturated rings. The molecular weight excluding hydrogens is 462 g/mol. The van der Waals surface area contributed by atoms with Crippen LogP contribution in [0.2, 0.25) is 5.02 Å². The average molecular weight is 483 g/mol. The van der Waals surface area contributed by atoms with Crippen LogP contribution in [0.4, 0.5) is 5.69 Å². The number of halogens is 2. The summed E-state index contributed by atoms with van der Waals surface area (Å²) in [5.74, 6) is 0.172. The Labute approximate surface area is 188 Å². The smallest absolute Gasteiger partial charge is 0.162 e. The molecule has 0 spiro atoms. The number of rotatable bonds is 1. The number of fused-ring (bicyclic) bond motifs is 4. The Morgan fingerprint density at radius 2 is 1.90 bits per heavy atom. The number of carbonyl (C=O) groups excluding carboxylic acids is 1. The molecule has 0 unspecified atom stereocenters. The van der Waals surface area contributed by atoms with Gasteiger partial charge in [-0.25, -0.2) is 0 Å². The fourth-order valence-corrected chi connectivity index (χ4v) is 5.63. The highest BCUT2D eigenvalue weighted by atomic mass is 79.9. The number of carbonyl (C=O) groups is 1. The van der Waals surface area contributed by atoms with E-state index in [0.717, 1.165) is 45.2 Å². The van der Waals surface area contributed by atoms with E-state index >= 15 is 0 Å². The molecule has 1 atom stereocenters. The molecule has 30 heavy (non-hydrogen) atoms. The number of phenolic OH excluding ortho intramolecular Hbond substituents is 1. The summed E-state index contributed by atoms with van der Waals surface area (Å²) in [4.78, 5) is 13.3. The van der Waals surface area contributed by atoms with Crippen LogP contribution in [0, 0.1) is 5.41 Å². The van der Waals surface area contributed by atoms with Crippen molar-refractivity contribution in [3.05, 3.63) is 74.7 Å². The zero-order valence-electron chi connectivity index (χ0n) is 16.7. The molecule has 0 radical (unpaired) electrons. The molecule has 1 heterocycles. The van der Waals surface area contributed by atoms with E-state index in [9.17, 15) is 9.90 Å². The number of Topliss-reactive ketones (excluding diaryl/α,β-unsaturated/α-hetero) is 1. The topological polar surface area (TPSA) is 49.3 Å². The van der Waals surface area contributed by atoms with Crippen molar-refractivity contribution in [2.45, 2.75) is 32.7 Å². The molecule has 3 nitrogen and oxygen atoms in total. The minimum atomic E-state index is -0.323. The zero-order chi connectivity index (χ0) is 21.2. The molecule has 3 aromatic rings. The van der Waals surface area contributed by atoms with E-state index in [-0.39, 0.29) is 28.0 Å². The van der Waals surface area contributed by atoms with Crippen molar-refractivity contribution in [2.75, 3.05) is 5.32 Å². The molecule has 0 amide bonds. The highest BCUT2D eigenvalue weighted by Gasteiger charge is 2.40. The lowest BCUT2D eigenvalue weighted by atomic mass is 9.68. The second-order valence-corrected chi connectivity index (χ2v) is 10.2. The molecule has 5 heteroatoms. The summed E-state index contributed by atoms with van der Waals surface area (Å²) in [5.41, 5.74) is 4.83. The van der Waals surface area contributed by atoms with Crippen molar-refractivity contribution >= 4 is 55.3 Å². The highest BCUT2D eigenvalue weighted by Crippen LogP contribution is 2.52. The molecule has 152 valence electrons. The second-order valence-electron chi connectivity index (χ2n) is 8.95. The number of ketones is 1. The van der Waals surface area contributed by atoms with Gasteiger partial charge in [0.15, 0.2) is 5.78 Å². The molecule has 5 rings (SSSR count). The van der Waals surface area contributed by atoms with Crippen molar-refractivity contribution in [3.63, 3.8) is 0 Å². The maximum atomic E-state index is 13.3. The molecule has 3 aromatic carbocycles. The summed E-state index contributed by atoms with van der Waals surface area (Å²) in [7, 11) is 0. The minimum Gasteiger partial charge on any atom is -0.505 e. The van der Waals surface area contributed by atoms with Crippen molar-refractivity contribution in [1.82, 2.24) is 0 Å². The Balaban J connectivity index is 1.80. The van der Waals surface area contributed by atoms with E-state index in [1.54, 1.807) is 6.07 Å². The fraction of sp³-hybridized carbons (Fsp3) is 0.240. The quantitative estimate of drug-likeness (QED) is 0.383. The molecule has 1 aliphatic carbocycles. The lowest BCUT2D eigenvalue weighted by Gasteiger charge is -2.40. The van der Waals surface area contributed by atoms with E-state index in [4.69, 9.17) is 11.6 Å². The minimum absolute atomic E-state index is 0.00684. The summed E-state index contributed by atoms with van der Waals surface area (Å²) < 4.78 is 0.515. The van der Waals surface area contributed by atoms with E-state index in [1.807, 2.05) is 18.2 Å². The summed E-state index contributed by atoms with van der Waals surface area (Å²) >= 11 is 9.67. The number of aromatic hydroxyl groups is 1. The van der Waals surface area contributed by atoms with Crippen LogP contribution in [-0.2, 0) is 4.79 Å². The third-order valence-electron chi connectivity index (χ3n) is 6.12. The van der Waals surface area contributed by atoms with Crippen LogP contribution in [0.25, 0.3) is 16.3 Å². The SMILES string of the molecule is CC1(C)CC(=O)C2=C(C1)c1ccc3ccccc3c1N[C@H]2c1cc(Cl)c(O)c(Br)c1. The van der Waals surface area contributed by atoms with Crippen LogP contribution >= 0.6 is 27.5 Å². The van der Waals surface area contributed by atoms with Gasteiger partial charge < -0.3 is 10.4 Å². The van der Waals surface area contributed by atoms with Gasteiger partial charge in [-0.2, -0.15) is 0 Å². The number of benzene rings is 3. The summed E-state index contributed by atoms with van der Waals surface area (Å²) in [6.45, 7) is 4.31. The van der Waals surface area contributed by atoms with Gasteiger partial charge in [-0.1, -0.05) is 61.8 Å². The first-order valence-electron chi connectivity index (χ1n) is 9.98. The first-order chi connectivity index (χ1) is 14.2. The molecule has 2 aliphatic rings. The fourth-order valence-electron chi connectivity index (χ4n) is 4.81. The second kappa shape index (κ2) is 6.86. The monoisotopic (exact) mass is 481 g/mol. The van der Waals surface area contributed by atoms with E-state index in [1.165, 1.54) is 0 Å². The van der Waals surface area contributed by atoms with Crippen LogP contribution in [-0.4, -0.2) is 10.9 Å². The van der Waals surface area contributed by atoms with Crippen LogP contribution < -0.4 is 5.32 Å². The van der Waals surface area contributed by atoms with Crippen molar-refractivity contribution in [3.8, 4) is 5.75 Å². The summed E-state index contributed by atoms with van der Waals surface area (Å²) in [5, 5.41) is 16.3. The summed E-state index contributed by atoms with van der Waals surface area (Å²) in [6.07, 6.45) is 1.35. The van der Waals surface area contributed by atoms with Crippen LogP contribution in [0.5, 0.6) is 5.75 Å². The molecular formula is C25H21BrClNO2. The molecule has 0 aromatic heterocycles. The number of allylic oxidation sites excluding steroid dienone is 1. The predicted octanol–water partition coefficient (Wildman–Crippen LogP) is 7.27. The Morgan fingerprint density at radius 3 is 2.67 bits per heavy atom. The zero-order valence-corrected chi connectivity index (χ0v) is 19.1. The number of nitrogens with one attached hydrogen (secondary N) is 1. The lowest BCUT2D eigenvalue weighted by Crippen LogP contribution is -2.33. The number of hydrogen-bond acceptors (Lipinski definition) is 3. The highest BCUT2D eigenvalue weighted by molar-refractivity contribution is 9.10. The maximum absolute atomic E-state index is 13.3. The standard InChI is InChI=1S/C25H21BrClNO2/c1-25(2)11-17-16-8-7-13-5-3-4-6-15(13)23(16)28-22(21(17)20(29)12-25)14-9-18(26)24(30)19(27)10-14/h3-10,22,28,30H,11-12H2,1-2H3/t22-/m0/s1. The van der Waals surface area contributed by atoms with Gasteiger partial charge in [0.2, 0.25) is 0 Å². The van der Waals surface area contributed by atoms with Crippen molar-refractivity contribution < 1.29 is 9.90 Å². The van der Waals surface area contributed by atoms with E-state index < -0.39 is 0 Å². The van der Waals surface area contributed by atoms with Gasteiger partial charge in [0.05, 0.1) is 21.2 Å². The first-order valence-corrected chi connectivity index (χ1v) is 11.1. The van der Waals surface area contributed by atoms with Gasteiger partial charge in [-0.05, 0) is 56.4 Å². The average Bonchev–Trinajstić information content (AvgIpc) is 2.69. The Morgan fingerprint density at radius 1 is 1.13 bits per heavy atom. The van der Waals surface area contributed by atoms with Gasteiger partial charge in [-0.3, -0.25) is 4.79 Å². The summed E-state index contributed by atoms with van der Waals surface area (Å²) in [6, 6.07) is 15.8. The van der Waals surface area contributed by atoms with Gasteiger partial charge >= 0.3 is 0 Å². The third kappa shape index (κ3) is 3.05. The normalized spacial score (nSPS) is 20.0. The molecule has 0 bridgehead atoms. The molecule has 0 saturated carbocycles. The van der Waals surface area contributed by atoms with Crippen LogP contribution in [0.15, 0.2) is 58.6 Å². The lowest BCUT2D eigenvalue weighted by molar-refractivity contribution is -0.118. The molecule has 2 N–H and O–H groups in total. The number of anilines is 1. The molecule has 0 saturated heterocycles. The van der Waals surface area contributed by atoms with Crippen LogP contribution in [0.3, 0.4) is 0 Å². The Bertz CT molecular complexity index is 1240. The van der Waals surface area contributed by atoms with Crippen LogP contribution in [0.1, 0.15) is 43.9 Å². The van der Waals surface area contributed by atoms with E-state index in [0.29, 0.717) is 10.9 Å². The van der Waals surface area contributed by atoms with Gasteiger partial charge in [0, 0.05) is 22.9 Å². The van der Waals surface area contributed by atoms with Gasteiger partial charge in [0.1, 0.15) is 5.75 Å². The first kappa shape index (κ1) is 19.7. The maximum Gasteiger partial charge on any atom is 0.162 e. The predicted molar refractivity (Wildman–Crippen MR) is 126 cm³/mol. The largest absolute Gasteiger partial charge is 0.505 e.